The molecule has 38 valence electrons. The second-order valence-electron chi connectivity index (χ2n) is 0.404. The molecular weight excluding hydrogens is 150 g/mol. The van der Waals surface area contributed by atoms with Crippen LogP contribution in [-0.4, -0.2) is 0 Å². The lowest BCUT2D eigenvalue weighted by Gasteiger charge is -1.81. The molecule has 0 aromatic heterocycles. The molecule has 6 heavy (non-hydrogen) atoms. The second kappa shape index (κ2) is 3.90. The first-order chi connectivity index (χ1) is 2.81. The molecule has 0 aliphatic rings. The maximum atomic E-state index is 9.66. The molecule has 0 unspecified atom stereocenters. The minimum Gasteiger partial charge on any atom is -0.261 e. The molecule has 0 radical (unpaired) electrons. The molecule has 0 saturated heterocycles. The van der Waals surface area contributed by atoms with Crippen molar-refractivity contribution >= 4 is 32.0 Å². The highest BCUT2D eigenvalue weighted by Gasteiger charge is 1.89. The van der Waals surface area contributed by atoms with Crippen LogP contribution in [-0.2, 0) is 12.7 Å². The average molecular weight is 153 g/mol. The summed E-state index contributed by atoms with van der Waals surface area (Å²) in [5.41, 5.74) is 0. The van der Waals surface area contributed by atoms with Gasteiger partial charge in [0.25, 0.3) is 0 Å². The van der Waals surface area contributed by atoms with Gasteiger partial charge in [-0.15, -0.1) is 0 Å². The van der Waals surface area contributed by atoms with Gasteiger partial charge in [-0.1, -0.05) is 0 Å². The summed E-state index contributed by atoms with van der Waals surface area (Å²) in [4.78, 5) is 0. The molecule has 0 N–H and O–H groups in total. The Morgan fingerprint density at radius 3 is 1.83 bits per heavy atom. The lowest BCUT2D eigenvalue weighted by Crippen LogP contribution is -1.51. The zero-order valence-electron chi connectivity index (χ0n) is 4.48. The molecule has 0 aromatic carbocycles. The fourth-order valence-corrected chi connectivity index (χ4v) is 0.321. The second-order valence-corrected chi connectivity index (χ2v) is 2.14. The number of hydrogen-bond acceptors (Lipinski definition) is 3. The number of halogens is 2. The van der Waals surface area contributed by atoms with Gasteiger partial charge in [-0.05, 0) is 0 Å². The Morgan fingerprint density at radius 2 is 1.83 bits per heavy atom. The Bertz CT molecular complexity index is 53.2. The van der Waals surface area contributed by atoms with Crippen LogP contribution in [0.15, 0.2) is 0 Å². The van der Waals surface area contributed by atoms with Gasteiger partial charge in [0.2, 0.25) is 0 Å². The van der Waals surface area contributed by atoms with Crippen LogP contribution >= 0.6 is 32.0 Å². The summed E-state index contributed by atoms with van der Waals surface area (Å²) in [6, 6.07) is 0. The molecule has 0 aliphatic carbocycles. The van der Waals surface area contributed by atoms with Crippen LogP contribution in [0.5, 0.6) is 0 Å². The minimum absolute atomic E-state index is 0. The van der Waals surface area contributed by atoms with Crippen LogP contribution in [0.4, 0.5) is 0 Å². The molecule has 0 aromatic rings. The van der Waals surface area contributed by atoms with Crippen LogP contribution < -0.4 is 0 Å². The van der Waals surface area contributed by atoms with E-state index in [0.29, 0.717) is 0 Å². The quantitative estimate of drug-likeness (QED) is 0.568. The van der Waals surface area contributed by atoms with Gasteiger partial charge in [0.1, 0.15) is 0 Å². The summed E-state index contributed by atoms with van der Waals surface area (Å²) in [5, 5.41) is 0. The zero-order chi connectivity index (χ0) is 4.99. The maximum Gasteiger partial charge on any atom is 1.00 e. The van der Waals surface area contributed by atoms with Crippen LogP contribution in [0.2, 0.25) is 0 Å². The van der Waals surface area contributed by atoms with E-state index in [0.717, 1.165) is 0 Å². The molecule has 0 rings (SSSR count). The Balaban J connectivity index is -0.000000125. The van der Waals surface area contributed by atoms with Crippen molar-refractivity contribution in [2.45, 2.75) is 0 Å². The molecule has 0 saturated carbocycles. The highest BCUT2D eigenvalue weighted by Crippen LogP contribution is 2.26. The molecule has 0 atom stereocenters. The number of hydrogen-bond donors (Lipinski definition) is 0. The van der Waals surface area contributed by atoms with E-state index in [4.69, 9.17) is 0 Å². The van der Waals surface area contributed by atoms with Crippen molar-refractivity contribution in [3.05, 3.63) is 0 Å². The van der Waals surface area contributed by atoms with Crippen molar-refractivity contribution in [3.63, 3.8) is 0 Å². The first-order valence-corrected chi connectivity index (χ1v) is 2.76. The molecule has 0 heterocycles. The van der Waals surface area contributed by atoms with E-state index in [1.807, 2.05) is 0 Å². The predicted molar refractivity (Wildman–Crippen MR) is 25.1 cm³/mol. The molecule has 0 bridgehead atoms. The summed E-state index contributed by atoms with van der Waals surface area (Å²) in [5.74, 6) is 0. The first-order valence-electron chi connectivity index (χ1n) is 0.921. The zero-order valence-corrected chi connectivity index (χ0v) is 4.99. The van der Waals surface area contributed by atoms with Crippen molar-refractivity contribution in [3.8, 4) is 0 Å². The third-order valence-corrected chi connectivity index (χ3v) is 1.13. The standard InChI is InChI=1S/Cl2HO3P/c1-4-6(3)5-2/h6H/p+2. The maximum absolute atomic E-state index is 9.66. The molecule has 0 aliphatic heterocycles. The topological polar surface area (TPSA) is 35.5 Å². The fraction of sp³-hybridized carbons (Fsp3) is 0. The molecule has 6 heteroatoms. The molecule has 0 spiro atoms. The predicted octanol–water partition coefficient (Wildman–Crippen LogP) is 1.94. The van der Waals surface area contributed by atoms with Gasteiger partial charge in [0.15, 0.2) is 0 Å². The number of rotatable bonds is 2. The van der Waals surface area contributed by atoms with Crippen LogP contribution in [0.3, 0.4) is 0 Å². The summed E-state index contributed by atoms with van der Waals surface area (Å²) >= 11 is 8.95. The summed E-state index contributed by atoms with van der Waals surface area (Å²) in [6.07, 6.45) is 0. The third kappa shape index (κ3) is 2.94. The summed E-state index contributed by atoms with van der Waals surface area (Å²) in [7, 11) is -2.59. The van der Waals surface area contributed by atoms with Gasteiger partial charge < -0.3 is 0 Å². The summed E-state index contributed by atoms with van der Waals surface area (Å²) < 4.78 is 16.8. The van der Waals surface area contributed by atoms with E-state index in [2.05, 4.69) is 31.9 Å². The lowest BCUT2D eigenvalue weighted by atomic mass is 15.8. The SMILES string of the molecule is O=[PH](OCl)OCl.[H+].[H+]. The Morgan fingerprint density at radius 1 is 1.50 bits per heavy atom. The first kappa shape index (κ1) is 6.73. The van der Waals surface area contributed by atoms with Gasteiger partial charge in [-0.2, -0.15) is 8.15 Å². The van der Waals surface area contributed by atoms with Crippen molar-refractivity contribution in [2.24, 2.45) is 0 Å². The van der Waals surface area contributed by atoms with E-state index in [1.54, 1.807) is 0 Å². The van der Waals surface area contributed by atoms with Crippen LogP contribution in [0.1, 0.15) is 2.85 Å². The van der Waals surface area contributed by atoms with E-state index in [9.17, 15) is 4.57 Å². The Kier molecular flexibility index (Phi) is 4.38. The largest absolute Gasteiger partial charge is 1.00 e. The van der Waals surface area contributed by atoms with Gasteiger partial charge in [-0.25, -0.2) is 0 Å². The van der Waals surface area contributed by atoms with Gasteiger partial charge in [-0.3, -0.25) is 4.57 Å². The monoisotopic (exact) mass is 152 g/mol. The lowest BCUT2D eigenvalue weighted by molar-refractivity contribution is 0.447. The summed E-state index contributed by atoms with van der Waals surface area (Å²) in [6.45, 7) is 0. The van der Waals surface area contributed by atoms with E-state index in [-0.39, 0.29) is 2.85 Å². The van der Waals surface area contributed by atoms with E-state index < -0.39 is 8.25 Å². The molecule has 3 nitrogen and oxygen atoms in total. The van der Waals surface area contributed by atoms with Crippen molar-refractivity contribution < 1.29 is 15.6 Å². The minimum atomic E-state index is -2.59. The normalized spacial score (nSPS) is 9.83. The molecule has 0 amide bonds. The van der Waals surface area contributed by atoms with Crippen LogP contribution in [0, 0.1) is 0 Å². The van der Waals surface area contributed by atoms with Gasteiger partial charge in [0, 0.05) is 0 Å². The Hall–Kier alpha value is 0.730. The van der Waals surface area contributed by atoms with Crippen molar-refractivity contribution in [1.82, 2.24) is 0 Å². The van der Waals surface area contributed by atoms with Crippen molar-refractivity contribution in [2.75, 3.05) is 0 Å². The van der Waals surface area contributed by atoms with Gasteiger partial charge in [0.05, 0.1) is 23.7 Å². The highest BCUT2D eigenvalue weighted by molar-refractivity contribution is 7.35. The Labute approximate surface area is 48.4 Å². The smallest absolute Gasteiger partial charge is 0.261 e. The van der Waals surface area contributed by atoms with Gasteiger partial charge >= 0.3 is 11.1 Å². The molecule has 0 fully saturated rings. The fourth-order valence-electron chi connectivity index (χ4n) is 0.0119. The average Bonchev–Trinajstić information content (AvgIpc) is 1.65. The van der Waals surface area contributed by atoms with E-state index in [1.165, 1.54) is 0 Å². The third-order valence-electron chi connectivity index (χ3n) is 0.126. The highest BCUT2D eigenvalue weighted by atomic mass is 35.5. The van der Waals surface area contributed by atoms with E-state index >= 15 is 0 Å². The molecular formula is H3Cl2O3P+2. The van der Waals surface area contributed by atoms with Crippen LogP contribution in [0.25, 0.3) is 0 Å². The van der Waals surface area contributed by atoms with Crippen molar-refractivity contribution in [1.29, 1.82) is 0 Å².